The number of nitrogens with zero attached hydrogens (tertiary/aromatic N) is 1. The predicted octanol–water partition coefficient (Wildman–Crippen LogP) is 1.99. The van der Waals surface area contributed by atoms with E-state index in [0.717, 1.165) is 0 Å². The number of carbonyl (C=O) groups is 1. The molecule has 1 fully saturated rings. The molecule has 11 heteroatoms. The Morgan fingerprint density at radius 3 is 2.32 bits per heavy atom. The summed E-state index contributed by atoms with van der Waals surface area (Å²) in [6.07, 6.45) is 0. The van der Waals surface area contributed by atoms with Crippen molar-refractivity contribution in [2.45, 2.75) is 23.6 Å². The van der Waals surface area contributed by atoms with Crippen molar-refractivity contribution in [3.63, 3.8) is 0 Å². The van der Waals surface area contributed by atoms with Crippen molar-refractivity contribution < 1.29 is 31.1 Å². The van der Waals surface area contributed by atoms with Crippen molar-refractivity contribution in [2.24, 2.45) is 0 Å². The molecule has 1 aliphatic heterocycles. The molecule has 0 atom stereocenters. The van der Waals surface area contributed by atoms with Gasteiger partial charge >= 0.3 is 5.97 Å². The van der Waals surface area contributed by atoms with E-state index in [2.05, 4.69) is 4.72 Å². The molecule has 0 unspecified atom stereocenters. The lowest BCUT2D eigenvalue weighted by Crippen LogP contribution is -2.40. The van der Waals surface area contributed by atoms with Crippen LogP contribution in [0.15, 0.2) is 52.3 Å². The summed E-state index contributed by atoms with van der Waals surface area (Å²) in [5.74, 6) is -0.545. The van der Waals surface area contributed by atoms with Crippen molar-refractivity contribution in [1.29, 1.82) is 0 Å². The normalized spacial score (nSPS) is 15.4. The number of morpholine rings is 1. The lowest BCUT2D eigenvalue weighted by molar-refractivity contribution is 0.0526. The predicted molar refractivity (Wildman–Crippen MR) is 114 cm³/mol. The van der Waals surface area contributed by atoms with E-state index >= 15 is 0 Å². The van der Waals surface area contributed by atoms with Crippen LogP contribution in [-0.4, -0.2) is 60.0 Å². The molecule has 3 rings (SSSR count). The van der Waals surface area contributed by atoms with Gasteiger partial charge in [-0.3, -0.25) is 4.72 Å². The van der Waals surface area contributed by atoms with Gasteiger partial charge in [-0.15, -0.1) is 0 Å². The molecule has 1 saturated heterocycles. The standard InChI is InChI=1S/C20H24N2O7S2/c1-3-29-20(23)16-5-8-18(9-6-16)30(24,25)21-17-7-4-15(2)19(14-17)31(26,27)22-10-12-28-13-11-22/h4-9,14,21H,3,10-13H2,1-2H3. The summed E-state index contributed by atoms with van der Waals surface area (Å²) in [5, 5.41) is 0. The summed E-state index contributed by atoms with van der Waals surface area (Å²) in [6.45, 7) is 4.65. The molecule has 1 N–H and O–H groups in total. The average Bonchev–Trinajstić information content (AvgIpc) is 2.75. The van der Waals surface area contributed by atoms with Gasteiger partial charge in [-0.2, -0.15) is 4.31 Å². The molecule has 2 aromatic carbocycles. The Morgan fingerprint density at radius 2 is 1.71 bits per heavy atom. The summed E-state index contributed by atoms with van der Waals surface area (Å²) in [6, 6.07) is 9.65. The first-order valence-corrected chi connectivity index (χ1v) is 12.6. The fourth-order valence-corrected chi connectivity index (χ4v) is 5.77. The van der Waals surface area contributed by atoms with E-state index in [1.54, 1.807) is 19.9 Å². The van der Waals surface area contributed by atoms with Gasteiger partial charge < -0.3 is 9.47 Å². The number of benzene rings is 2. The number of aryl methyl sites for hydroxylation is 1. The SMILES string of the molecule is CCOC(=O)c1ccc(S(=O)(=O)Nc2ccc(C)c(S(=O)(=O)N3CCOCC3)c2)cc1. The van der Waals surface area contributed by atoms with Crippen LogP contribution in [0, 0.1) is 6.92 Å². The maximum Gasteiger partial charge on any atom is 0.338 e. The number of sulfonamides is 2. The maximum absolute atomic E-state index is 13.0. The van der Waals surface area contributed by atoms with Gasteiger partial charge in [0.05, 0.1) is 40.9 Å². The fourth-order valence-electron chi connectivity index (χ4n) is 3.07. The number of rotatable bonds is 7. The Hall–Kier alpha value is -2.47. The zero-order valence-electron chi connectivity index (χ0n) is 17.2. The quantitative estimate of drug-likeness (QED) is 0.617. The number of ether oxygens (including phenoxy) is 2. The Labute approximate surface area is 182 Å². The second kappa shape index (κ2) is 9.35. The molecule has 0 bridgehead atoms. The van der Waals surface area contributed by atoms with Gasteiger partial charge in [0.25, 0.3) is 10.0 Å². The van der Waals surface area contributed by atoms with Crippen LogP contribution in [0.3, 0.4) is 0 Å². The average molecular weight is 469 g/mol. The molecule has 1 aliphatic rings. The summed E-state index contributed by atoms with van der Waals surface area (Å²) < 4.78 is 65.3. The van der Waals surface area contributed by atoms with Gasteiger partial charge in [0.1, 0.15) is 0 Å². The Bertz CT molecular complexity index is 1150. The smallest absolute Gasteiger partial charge is 0.338 e. The van der Waals surface area contributed by atoms with E-state index in [4.69, 9.17) is 9.47 Å². The number of hydrogen-bond acceptors (Lipinski definition) is 7. The van der Waals surface area contributed by atoms with Gasteiger partial charge in [-0.05, 0) is 55.8 Å². The third kappa shape index (κ3) is 5.24. The number of anilines is 1. The number of hydrogen-bond donors (Lipinski definition) is 1. The monoisotopic (exact) mass is 468 g/mol. The van der Waals surface area contributed by atoms with Crippen LogP contribution in [0.25, 0.3) is 0 Å². The van der Waals surface area contributed by atoms with E-state index < -0.39 is 26.0 Å². The Morgan fingerprint density at radius 1 is 1.06 bits per heavy atom. The minimum absolute atomic E-state index is 0.0345. The second-order valence-electron chi connectivity index (χ2n) is 6.85. The lowest BCUT2D eigenvalue weighted by atomic mass is 10.2. The highest BCUT2D eigenvalue weighted by Crippen LogP contribution is 2.26. The highest BCUT2D eigenvalue weighted by atomic mass is 32.2. The van der Waals surface area contributed by atoms with E-state index in [0.29, 0.717) is 18.8 Å². The molecular formula is C20H24N2O7S2. The second-order valence-corrected chi connectivity index (χ2v) is 10.4. The van der Waals surface area contributed by atoms with Crippen molar-refractivity contribution in [1.82, 2.24) is 4.31 Å². The van der Waals surface area contributed by atoms with Crippen LogP contribution >= 0.6 is 0 Å². The lowest BCUT2D eigenvalue weighted by Gasteiger charge is -2.26. The Balaban J connectivity index is 1.85. The third-order valence-corrected chi connectivity index (χ3v) is 8.14. The number of nitrogens with one attached hydrogen (secondary N) is 1. The zero-order valence-corrected chi connectivity index (χ0v) is 18.8. The van der Waals surface area contributed by atoms with Crippen LogP contribution in [-0.2, 0) is 29.5 Å². The molecule has 2 aromatic rings. The summed E-state index contributed by atoms with van der Waals surface area (Å²) in [5.41, 5.74) is 0.857. The molecule has 1 heterocycles. The van der Waals surface area contributed by atoms with Crippen LogP contribution in [0.2, 0.25) is 0 Å². The van der Waals surface area contributed by atoms with Crippen molar-refractivity contribution >= 4 is 31.7 Å². The van der Waals surface area contributed by atoms with Crippen LogP contribution in [0.4, 0.5) is 5.69 Å². The largest absolute Gasteiger partial charge is 0.462 e. The van der Waals surface area contributed by atoms with Crippen LogP contribution in [0.5, 0.6) is 0 Å². The molecule has 0 aromatic heterocycles. The highest BCUT2D eigenvalue weighted by Gasteiger charge is 2.28. The first kappa shape index (κ1) is 23.2. The van der Waals surface area contributed by atoms with Crippen molar-refractivity contribution in [3.05, 3.63) is 53.6 Å². The topological polar surface area (TPSA) is 119 Å². The fraction of sp³-hybridized carbons (Fsp3) is 0.350. The number of esters is 1. The van der Waals surface area contributed by atoms with E-state index in [9.17, 15) is 21.6 Å². The molecule has 0 saturated carbocycles. The van der Waals surface area contributed by atoms with Crippen LogP contribution < -0.4 is 4.72 Å². The summed E-state index contributed by atoms with van der Waals surface area (Å²) >= 11 is 0. The summed E-state index contributed by atoms with van der Waals surface area (Å²) in [7, 11) is -7.79. The van der Waals surface area contributed by atoms with Crippen molar-refractivity contribution in [3.8, 4) is 0 Å². The van der Waals surface area contributed by atoms with E-state index in [-0.39, 0.29) is 40.7 Å². The van der Waals surface area contributed by atoms with Crippen LogP contribution in [0.1, 0.15) is 22.8 Å². The molecular weight excluding hydrogens is 444 g/mol. The number of carbonyl (C=O) groups excluding carboxylic acids is 1. The zero-order chi connectivity index (χ0) is 22.6. The molecule has 168 valence electrons. The minimum atomic E-state index is -4.00. The molecule has 9 nitrogen and oxygen atoms in total. The van der Waals surface area contributed by atoms with Gasteiger partial charge in [0.15, 0.2) is 0 Å². The molecule has 0 amide bonds. The first-order chi connectivity index (χ1) is 14.6. The summed E-state index contributed by atoms with van der Waals surface area (Å²) in [4.78, 5) is 11.7. The van der Waals surface area contributed by atoms with Gasteiger partial charge in [-0.1, -0.05) is 6.07 Å². The van der Waals surface area contributed by atoms with E-state index in [1.165, 1.54) is 40.7 Å². The maximum atomic E-state index is 13.0. The minimum Gasteiger partial charge on any atom is -0.462 e. The molecule has 0 spiro atoms. The Kier molecular flexibility index (Phi) is 6.99. The van der Waals surface area contributed by atoms with Crippen molar-refractivity contribution in [2.75, 3.05) is 37.6 Å². The first-order valence-electron chi connectivity index (χ1n) is 9.63. The molecule has 0 radical (unpaired) electrons. The molecule has 0 aliphatic carbocycles. The third-order valence-electron chi connectivity index (χ3n) is 4.70. The van der Waals surface area contributed by atoms with Gasteiger partial charge in [0, 0.05) is 13.1 Å². The van der Waals surface area contributed by atoms with Gasteiger partial charge in [0.2, 0.25) is 10.0 Å². The van der Waals surface area contributed by atoms with E-state index in [1.807, 2.05) is 0 Å². The molecule has 31 heavy (non-hydrogen) atoms. The van der Waals surface area contributed by atoms with Gasteiger partial charge in [-0.25, -0.2) is 21.6 Å². The highest BCUT2D eigenvalue weighted by molar-refractivity contribution is 7.92.